The van der Waals surface area contributed by atoms with E-state index in [4.69, 9.17) is 0 Å². The highest BCUT2D eigenvalue weighted by Gasteiger charge is 2.20. The van der Waals surface area contributed by atoms with E-state index in [-0.39, 0.29) is 6.15 Å². The molecule has 0 saturated heterocycles. The van der Waals surface area contributed by atoms with Gasteiger partial charge >= 0.3 is 0 Å². The van der Waals surface area contributed by atoms with Crippen LogP contribution in [0.5, 0.6) is 0 Å². The molecular weight excluding hydrogens is 194 g/mol. The Kier molecular flexibility index (Phi) is 6.52. The molecule has 0 saturated carbocycles. The molecule has 0 unspecified atom stereocenters. The van der Waals surface area contributed by atoms with E-state index in [1.54, 1.807) is 13.8 Å². The Morgan fingerprint density at radius 3 is 2.15 bits per heavy atom. The molecule has 6 heteroatoms. The maximum absolute atomic E-state index is 10.2. The molecule has 0 aromatic rings. The lowest BCUT2D eigenvalue weighted by Gasteiger charge is -2.25. The Bertz CT molecular complexity index is 223. The molecule has 0 heterocycles. The van der Waals surface area contributed by atoms with E-state index in [0.29, 0.717) is 6.42 Å². The molecule has 0 rings (SSSR count). The predicted molar refractivity (Wildman–Crippen MR) is 50.4 cm³/mol. The van der Waals surface area contributed by atoms with Gasteiger partial charge in [0.2, 0.25) is 10.4 Å². The molecule has 0 spiro atoms. The molecular formula is C7H19NO4S. The summed E-state index contributed by atoms with van der Waals surface area (Å²) in [6, 6.07) is 0. The predicted octanol–water partition coefficient (Wildman–Crippen LogP) is 1.81. The lowest BCUT2D eigenvalue weighted by atomic mass is 10.0. The maximum Gasteiger partial charge on any atom is 0.218 e. The van der Waals surface area contributed by atoms with Crippen LogP contribution in [0.3, 0.4) is 0 Å². The van der Waals surface area contributed by atoms with Crippen molar-refractivity contribution in [2.24, 2.45) is 0 Å². The fraction of sp³-hybridized carbons (Fsp3) is 1.00. The minimum absolute atomic E-state index is 0. The van der Waals surface area contributed by atoms with Gasteiger partial charge in [0.1, 0.15) is 0 Å². The molecule has 0 aliphatic heterocycles. The molecule has 0 bridgehead atoms. The van der Waals surface area contributed by atoms with E-state index in [2.05, 4.69) is 4.18 Å². The molecule has 0 atom stereocenters. The monoisotopic (exact) mass is 213 g/mol. The van der Waals surface area contributed by atoms with Gasteiger partial charge in [-0.25, -0.2) is 8.42 Å². The van der Waals surface area contributed by atoms with E-state index in [9.17, 15) is 13.0 Å². The van der Waals surface area contributed by atoms with Crippen LogP contribution in [0.4, 0.5) is 0 Å². The lowest BCUT2D eigenvalue weighted by Crippen LogP contribution is -2.27. The Hall–Kier alpha value is -0.170. The minimum atomic E-state index is -4.56. The van der Waals surface area contributed by atoms with Crippen LogP contribution in [0.2, 0.25) is 0 Å². The normalized spacial score (nSPS) is 12.3. The molecule has 0 aliphatic rings. The van der Waals surface area contributed by atoms with Crippen LogP contribution < -0.4 is 6.15 Å². The van der Waals surface area contributed by atoms with Crippen molar-refractivity contribution in [1.82, 2.24) is 6.15 Å². The van der Waals surface area contributed by atoms with E-state index in [0.717, 1.165) is 12.8 Å². The molecule has 0 radical (unpaired) electrons. The SMILES string of the molecule is CCCCC(C)(C)OS(=O)(=O)[O-].[NH4+]. The average molecular weight is 213 g/mol. The van der Waals surface area contributed by atoms with Gasteiger partial charge in [0.05, 0.1) is 5.60 Å². The van der Waals surface area contributed by atoms with Gasteiger partial charge in [-0.3, -0.25) is 4.18 Å². The van der Waals surface area contributed by atoms with Crippen molar-refractivity contribution in [1.29, 1.82) is 0 Å². The highest BCUT2D eigenvalue weighted by molar-refractivity contribution is 7.80. The van der Waals surface area contributed by atoms with Crippen LogP contribution in [0, 0.1) is 0 Å². The maximum atomic E-state index is 10.2. The third kappa shape index (κ3) is 9.75. The fourth-order valence-electron chi connectivity index (χ4n) is 0.920. The van der Waals surface area contributed by atoms with Crippen molar-refractivity contribution in [3.05, 3.63) is 0 Å². The first kappa shape index (κ1) is 15.3. The summed E-state index contributed by atoms with van der Waals surface area (Å²) < 4.78 is 35.0. The van der Waals surface area contributed by atoms with Crippen molar-refractivity contribution in [3.63, 3.8) is 0 Å². The average Bonchev–Trinajstić information content (AvgIpc) is 1.78. The fourth-order valence-corrected chi connectivity index (χ4v) is 1.56. The first-order valence-electron chi connectivity index (χ1n) is 3.93. The number of rotatable bonds is 5. The third-order valence-corrected chi connectivity index (χ3v) is 2.12. The van der Waals surface area contributed by atoms with Crippen molar-refractivity contribution in [2.75, 3.05) is 0 Å². The quantitative estimate of drug-likeness (QED) is 0.555. The van der Waals surface area contributed by atoms with E-state index in [1.165, 1.54) is 0 Å². The zero-order valence-electron chi connectivity index (χ0n) is 8.66. The van der Waals surface area contributed by atoms with Gasteiger partial charge in [0.15, 0.2) is 0 Å². The highest BCUT2D eigenvalue weighted by atomic mass is 32.3. The second-order valence-corrected chi connectivity index (χ2v) is 4.34. The van der Waals surface area contributed by atoms with E-state index >= 15 is 0 Å². The summed E-state index contributed by atoms with van der Waals surface area (Å²) in [7, 11) is -4.56. The minimum Gasteiger partial charge on any atom is -0.726 e. The first-order chi connectivity index (χ1) is 5.27. The Labute approximate surface area is 80.0 Å². The summed E-state index contributed by atoms with van der Waals surface area (Å²) in [5, 5.41) is 0. The van der Waals surface area contributed by atoms with Crippen LogP contribution in [0.15, 0.2) is 0 Å². The molecule has 4 N–H and O–H groups in total. The van der Waals surface area contributed by atoms with Crippen molar-refractivity contribution in [2.45, 2.75) is 45.6 Å². The van der Waals surface area contributed by atoms with Crippen LogP contribution >= 0.6 is 0 Å². The van der Waals surface area contributed by atoms with Gasteiger partial charge in [-0.2, -0.15) is 0 Å². The van der Waals surface area contributed by atoms with Gasteiger partial charge < -0.3 is 10.7 Å². The summed E-state index contributed by atoms with van der Waals surface area (Å²) in [5.41, 5.74) is -0.864. The van der Waals surface area contributed by atoms with Gasteiger partial charge in [0.25, 0.3) is 0 Å². The van der Waals surface area contributed by atoms with Gasteiger partial charge in [-0.15, -0.1) is 0 Å². The van der Waals surface area contributed by atoms with Crippen LogP contribution in [-0.4, -0.2) is 18.6 Å². The number of unbranched alkanes of at least 4 members (excludes halogenated alkanes) is 1. The standard InChI is InChI=1S/C7H16O4S.H3N/c1-4-5-6-7(2,3)11-12(8,9)10;/h4-6H2,1-3H3,(H,8,9,10);1H3. The second kappa shape index (κ2) is 5.54. The van der Waals surface area contributed by atoms with Crippen LogP contribution in [0.1, 0.15) is 40.0 Å². The zero-order valence-corrected chi connectivity index (χ0v) is 9.48. The number of hydrogen-bond acceptors (Lipinski definition) is 4. The Balaban J connectivity index is 0. The second-order valence-electron chi connectivity index (χ2n) is 3.35. The number of hydrogen-bond donors (Lipinski definition) is 1. The van der Waals surface area contributed by atoms with Crippen molar-refractivity contribution in [3.8, 4) is 0 Å². The lowest BCUT2D eigenvalue weighted by molar-refractivity contribution is 0.0862. The molecule has 13 heavy (non-hydrogen) atoms. The summed E-state index contributed by atoms with van der Waals surface area (Å²) in [5.74, 6) is 0. The summed E-state index contributed by atoms with van der Waals surface area (Å²) in [6.07, 6.45) is 2.37. The summed E-state index contributed by atoms with van der Waals surface area (Å²) in [4.78, 5) is 0. The molecule has 5 nitrogen and oxygen atoms in total. The Morgan fingerprint density at radius 2 is 1.85 bits per heavy atom. The van der Waals surface area contributed by atoms with Crippen molar-refractivity contribution >= 4 is 10.4 Å². The topological polar surface area (TPSA) is 103 Å². The molecule has 0 amide bonds. The molecule has 0 aromatic carbocycles. The summed E-state index contributed by atoms with van der Waals surface area (Å²) in [6.45, 7) is 5.18. The highest BCUT2D eigenvalue weighted by Crippen LogP contribution is 2.19. The van der Waals surface area contributed by atoms with E-state index in [1.807, 2.05) is 6.92 Å². The van der Waals surface area contributed by atoms with Crippen LogP contribution in [0.25, 0.3) is 0 Å². The molecule has 82 valence electrons. The van der Waals surface area contributed by atoms with Crippen LogP contribution in [-0.2, 0) is 14.6 Å². The van der Waals surface area contributed by atoms with Gasteiger partial charge in [-0.05, 0) is 20.3 Å². The van der Waals surface area contributed by atoms with E-state index < -0.39 is 16.0 Å². The smallest absolute Gasteiger partial charge is 0.218 e. The molecule has 0 aliphatic carbocycles. The largest absolute Gasteiger partial charge is 0.726 e. The van der Waals surface area contributed by atoms with Gasteiger partial charge in [-0.1, -0.05) is 19.8 Å². The molecule has 0 aromatic heterocycles. The third-order valence-electron chi connectivity index (χ3n) is 1.46. The first-order valence-corrected chi connectivity index (χ1v) is 5.26. The molecule has 0 fully saturated rings. The summed E-state index contributed by atoms with van der Waals surface area (Å²) >= 11 is 0. The zero-order chi connectivity index (χ0) is 9.83. The Morgan fingerprint density at radius 1 is 1.38 bits per heavy atom. The van der Waals surface area contributed by atoms with Crippen molar-refractivity contribution < 1.29 is 17.2 Å². The van der Waals surface area contributed by atoms with Gasteiger partial charge in [0, 0.05) is 0 Å². The number of quaternary nitrogens is 1.